The van der Waals surface area contributed by atoms with Crippen molar-refractivity contribution in [3.8, 4) is 0 Å². The highest BCUT2D eigenvalue weighted by Gasteiger charge is 2.47. The number of imide groups is 1. The zero-order valence-electron chi connectivity index (χ0n) is 18.4. The molecule has 1 N–H and O–H groups in total. The number of ether oxygens (including phenoxy) is 2. The van der Waals surface area contributed by atoms with E-state index >= 15 is 0 Å². The molecule has 1 aliphatic heterocycles. The molecule has 2 aliphatic rings. The Morgan fingerprint density at radius 3 is 2.45 bits per heavy atom. The Hall–Kier alpha value is -3.34. The summed E-state index contributed by atoms with van der Waals surface area (Å²) in [6.45, 7) is 4.56. The number of allylic oxidation sites excluding steroid dienone is 2. The second kappa shape index (κ2) is 8.89. The molecule has 11 heteroatoms. The van der Waals surface area contributed by atoms with Crippen molar-refractivity contribution >= 4 is 45.3 Å². The molecule has 10 nitrogen and oxygen atoms in total. The van der Waals surface area contributed by atoms with Gasteiger partial charge in [-0.2, -0.15) is 0 Å². The standard InChI is InChI=1S/C22H23N3O7S/c1-4-31-22(30)16-10(2)15-18(27)23-17(24-19(15)33-16)11(3)32-14(26)9-25-20(28)12-7-5-6-8-13(12)21(25)29/h5-6,11-13H,4,7-9H2,1-3H3,(H,23,24,27)/t11-,12-,13+/m0/s1. The van der Waals surface area contributed by atoms with Crippen LogP contribution >= 0.6 is 11.3 Å². The summed E-state index contributed by atoms with van der Waals surface area (Å²) < 4.78 is 10.4. The third kappa shape index (κ3) is 4.08. The molecule has 33 heavy (non-hydrogen) atoms. The van der Waals surface area contributed by atoms with Crippen LogP contribution in [-0.2, 0) is 23.9 Å². The number of carbonyl (C=O) groups excluding carboxylic acids is 4. The van der Waals surface area contributed by atoms with Crippen molar-refractivity contribution < 1.29 is 28.7 Å². The van der Waals surface area contributed by atoms with Gasteiger partial charge in [0, 0.05) is 0 Å². The Morgan fingerprint density at radius 2 is 1.85 bits per heavy atom. The van der Waals surface area contributed by atoms with Gasteiger partial charge in [-0.05, 0) is 39.2 Å². The fourth-order valence-electron chi connectivity index (χ4n) is 4.19. The van der Waals surface area contributed by atoms with E-state index in [1.54, 1.807) is 13.8 Å². The van der Waals surface area contributed by atoms with Crippen LogP contribution in [0.3, 0.4) is 0 Å². The predicted molar refractivity (Wildman–Crippen MR) is 118 cm³/mol. The summed E-state index contributed by atoms with van der Waals surface area (Å²) in [7, 11) is 0. The third-order valence-electron chi connectivity index (χ3n) is 5.86. The van der Waals surface area contributed by atoms with Crippen molar-refractivity contribution in [1.82, 2.24) is 14.9 Å². The molecule has 0 unspecified atom stereocenters. The third-order valence-corrected chi connectivity index (χ3v) is 7.02. The predicted octanol–water partition coefficient (Wildman–Crippen LogP) is 2.03. The number of amides is 2. The topological polar surface area (TPSA) is 136 Å². The van der Waals surface area contributed by atoms with Crippen LogP contribution in [0.1, 0.15) is 53.9 Å². The molecule has 1 saturated heterocycles. The average molecular weight is 474 g/mol. The van der Waals surface area contributed by atoms with Crippen LogP contribution in [0, 0.1) is 18.8 Å². The molecule has 2 aromatic heterocycles. The van der Waals surface area contributed by atoms with Crippen LogP contribution in [0.25, 0.3) is 10.2 Å². The first-order chi connectivity index (χ1) is 15.7. The lowest BCUT2D eigenvalue weighted by Crippen LogP contribution is -2.37. The maximum absolute atomic E-state index is 12.6. The molecule has 2 amide bonds. The number of nitrogens with zero attached hydrogens (tertiary/aromatic N) is 2. The first kappa shape index (κ1) is 22.8. The summed E-state index contributed by atoms with van der Waals surface area (Å²) in [5, 5.41) is 0.273. The van der Waals surface area contributed by atoms with Crippen LogP contribution in [0.4, 0.5) is 0 Å². The van der Waals surface area contributed by atoms with Crippen LogP contribution in [-0.4, -0.2) is 51.8 Å². The lowest BCUT2D eigenvalue weighted by molar-refractivity contribution is -0.156. The number of fused-ring (bicyclic) bond motifs is 2. The quantitative estimate of drug-likeness (QED) is 0.382. The van der Waals surface area contributed by atoms with E-state index in [9.17, 15) is 24.0 Å². The second-order valence-electron chi connectivity index (χ2n) is 7.96. The van der Waals surface area contributed by atoms with Gasteiger partial charge in [0.15, 0.2) is 11.9 Å². The van der Waals surface area contributed by atoms with Crippen LogP contribution in [0.5, 0.6) is 0 Å². The maximum atomic E-state index is 12.6. The Morgan fingerprint density at radius 1 is 1.21 bits per heavy atom. The number of hydrogen-bond acceptors (Lipinski definition) is 9. The SMILES string of the molecule is CCOC(=O)c1sc2nc([C@H](C)OC(=O)CN3C(=O)[C@H]4CC=CC[C@H]4C3=O)[nH]c(=O)c2c1C. The number of rotatable bonds is 6. The Balaban J connectivity index is 1.49. The number of H-pyrrole nitrogens is 1. The summed E-state index contributed by atoms with van der Waals surface area (Å²) in [6, 6.07) is 0. The molecule has 1 aliphatic carbocycles. The summed E-state index contributed by atoms with van der Waals surface area (Å²) in [4.78, 5) is 70.8. The van der Waals surface area contributed by atoms with Crippen molar-refractivity contribution in [2.75, 3.05) is 13.2 Å². The Bertz CT molecular complexity index is 1220. The molecule has 3 atom stereocenters. The van der Waals surface area contributed by atoms with Crippen molar-refractivity contribution in [2.45, 2.75) is 39.7 Å². The molecular weight excluding hydrogens is 450 g/mol. The molecule has 0 saturated carbocycles. The van der Waals surface area contributed by atoms with Crippen LogP contribution in [0.2, 0.25) is 0 Å². The summed E-state index contributed by atoms with van der Waals surface area (Å²) in [5.41, 5.74) is 0.00378. The maximum Gasteiger partial charge on any atom is 0.348 e. The van der Waals surface area contributed by atoms with Gasteiger partial charge in [0.1, 0.15) is 16.3 Å². The molecule has 0 radical (unpaired) electrons. The van der Waals surface area contributed by atoms with E-state index < -0.39 is 42.0 Å². The number of aromatic nitrogens is 2. The van der Waals surface area contributed by atoms with Gasteiger partial charge in [0.05, 0.1) is 23.8 Å². The minimum Gasteiger partial charge on any atom is -0.462 e. The molecule has 0 aromatic carbocycles. The van der Waals surface area contributed by atoms with Gasteiger partial charge in [0.25, 0.3) is 5.56 Å². The number of carbonyl (C=O) groups is 4. The molecule has 4 rings (SSSR count). The smallest absolute Gasteiger partial charge is 0.348 e. The average Bonchev–Trinajstić information content (AvgIpc) is 3.24. The van der Waals surface area contributed by atoms with E-state index in [0.717, 1.165) is 16.2 Å². The van der Waals surface area contributed by atoms with Crippen molar-refractivity contribution in [1.29, 1.82) is 0 Å². The van der Waals surface area contributed by atoms with Gasteiger partial charge >= 0.3 is 11.9 Å². The number of nitrogens with one attached hydrogen (secondary N) is 1. The second-order valence-corrected chi connectivity index (χ2v) is 8.96. The largest absolute Gasteiger partial charge is 0.462 e. The molecular formula is C22H23N3O7S. The van der Waals surface area contributed by atoms with Gasteiger partial charge < -0.3 is 14.5 Å². The normalized spacial score (nSPS) is 20.8. The van der Waals surface area contributed by atoms with Crippen LogP contribution < -0.4 is 5.56 Å². The van der Waals surface area contributed by atoms with Crippen LogP contribution in [0.15, 0.2) is 16.9 Å². The van der Waals surface area contributed by atoms with Gasteiger partial charge in [-0.15, -0.1) is 11.3 Å². The van der Waals surface area contributed by atoms with Crippen molar-refractivity contribution in [3.63, 3.8) is 0 Å². The first-order valence-electron chi connectivity index (χ1n) is 10.6. The number of aryl methyl sites for hydroxylation is 1. The van der Waals surface area contributed by atoms with Crippen molar-refractivity contribution in [2.24, 2.45) is 11.8 Å². The zero-order chi connectivity index (χ0) is 23.9. The lowest BCUT2D eigenvalue weighted by atomic mass is 9.85. The van der Waals surface area contributed by atoms with Crippen molar-refractivity contribution in [3.05, 3.63) is 38.8 Å². The van der Waals surface area contributed by atoms with E-state index in [0.29, 0.717) is 23.2 Å². The fourth-order valence-corrected chi connectivity index (χ4v) is 5.27. The van der Waals surface area contributed by atoms with E-state index in [2.05, 4.69) is 9.97 Å². The number of esters is 2. The zero-order valence-corrected chi connectivity index (χ0v) is 19.2. The molecule has 3 heterocycles. The Labute approximate surface area is 192 Å². The summed E-state index contributed by atoms with van der Waals surface area (Å²) >= 11 is 1.03. The minimum absolute atomic E-state index is 0.0921. The number of thiophene rings is 1. The minimum atomic E-state index is -0.945. The molecule has 1 fully saturated rings. The lowest BCUT2D eigenvalue weighted by Gasteiger charge is -2.17. The molecule has 0 bridgehead atoms. The fraction of sp³-hybridized carbons (Fsp3) is 0.455. The summed E-state index contributed by atoms with van der Waals surface area (Å²) in [6.07, 6.45) is 3.76. The Kier molecular flexibility index (Phi) is 6.15. The van der Waals surface area contributed by atoms with E-state index in [1.165, 1.54) is 6.92 Å². The number of likely N-dealkylation sites (tertiary alicyclic amines) is 1. The van der Waals surface area contributed by atoms with E-state index in [1.807, 2.05) is 12.2 Å². The van der Waals surface area contributed by atoms with Gasteiger partial charge in [0.2, 0.25) is 11.8 Å². The molecule has 174 valence electrons. The summed E-state index contributed by atoms with van der Waals surface area (Å²) in [5.74, 6) is -2.82. The highest BCUT2D eigenvalue weighted by Crippen LogP contribution is 2.35. The molecule has 0 spiro atoms. The highest BCUT2D eigenvalue weighted by atomic mass is 32.1. The van der Waals surface area contributed by atoms with Gasteiger partial charge in [-0.3, -0.25) is 24.1 Å². The number of hydrogen-bond donors (Lipinski definition) is 1. The monoisotopic (exact) mass is 473 g/mol. The number of aromatic amines is 1. The van der Waals surface area contributed by atoms with E-state index in [-0.39, 0.29) is 34.5 Å². The molecule has 2 aromatic rings. The highest BCUT2D eigenvalue weighted by molar-refractivity contribution is 7.20. The van der Waals surface area contributed by atoms with Gasteiger partial charge in [-0.25, -0.2) is 9.78 Å². The van der Waals surface area contributed by atoms with Gasteiger partial charge in [-0.1, -0.05) is 12.2 Å². The first-order valence-corrected chi connectivity index (χ1v) is 11.4. The van der Waals surface area contributed by atoms with E-state index in [4.69, 9.17) is 9.47 Å².